The molecule has 1 aliphatic rings. The third kappa shape index (κ3) is 2.98. The van der Waals surface area contributed by atoms with E-state index in [9.17, 15) is 9.90 Å². The number of β-amino-alcohol motifs (C(OH)–C–C–N with tert-alkyl or cyclic N) is 1. The maximum atomic E-state index is 13.0. The van der Waals surface area contributed by atoms with E-state index in [0.29, 0.717) is 23.7 Å². The topological polar surface area (TPSA) is 69.8 Å². The average molecular weight is 346 g/mol. The van der Waals surface area contributed by atoms with E-state index in [1.807, 2.05) is 30.3 Å². The number of halogens is 1. The Hall–Kier alpha value is -2.08. The number of rotatable bonds is 5. The van der Waals surface area contributed by atoms with Crippen molar-refractivity contribution in [1.82, 2.24) is 0 Å². The van der Waals surface area contributed by atoms with Crippen LogP contribution in [0.1, 0.15) is 16.8 Å². The molecule has 2 aromatic carbocycles. The highest BCUT2D eigenvalue weighted by molar-refractivity contribution is 6.31. The Morgan fingerprint density at radius 3 is 2.38 bits per heavy atom. The molecule has 0 bridgehead atoms. The van der Waals surface area contributed by atoms with Crippen molar-refractivity contribution < 1.29 is 9.90 Å². The first-order chi connectivity index (χ1) is 11.7. The molecule has 5 nitrogen and oxygen atoms in total. The summed E-state index contributed by atoms with van der Waals surface area (Å²) in [5, 5.41) is 9.98. The Balaban J connectivity index is 2.23. The number of para-hydroxylation sites is 2. The van der Waals surface area contributed by atoms with Crippen LogP contribution in [0, 0.1) is 0 Å². The summed E-state index contributed by atoms with van der Waals surface area (Å²) in [4.78, 5) is 16.7. The molecule has 3 rings (SSSR count). The van der Waals surface area contributed by atoms with Crippen molar-refractivity contribution in [3.63, 3.8) is 0 Å². The van der Waals surface area contributed by atoms with E-state index in [1.54, 1.807) is 17.0 Å². The number of anilines is 3. The first-order valence-corrected chi connectivity index (χ1v) is 8.34. The molecule has 0 aromatic heterocycles. The number of fused-ring (bicyclic) bond motifs is 2. The fourth-order valence-electron chi connectivity index (χ4n) is 3.03. The van der Waals surface area contributed by atoms with Gasteiger partial charge in [-0.3, -0.25) is 4.79 Å². The van der Waals surface area contributed by atoms with Crippen LogP contribution in [0.15, 0.2) is 42.5 Å². The van der Waals surface area contributed by atoms with Crippen molar-refractivity contribution in [3.8, 4) is 0 Å². The molecule has 0 fully saturated rings. The quantitative estimate of drug-likeness (QED) is 0.874. The molecule has 2 aromatic rings. The van der Waals surface area contributed by atoms with Crippen LogP contribution in [-0.2, 0) is 0 Å². The minimum absolute atomic E-state index is 0.105. The smallest absolute Gasteiger partial charge is 0.260 e. The van der Waals surface area contributed by atoms with Gasteiger partial charge in [0.25, 0.3) is 5.91 Å². The van der Waals surface area contributed by atoms with Crippen molar-refractivity contribution in [2.45, 2.75) is 6.42 Å². The molecule has 0 aliphatic carbocycles. The summed E-state index contributed by atoms with van der Waals surface area (Å²) in [7, 11) is 0. The predicted molar refractivity (Wildman–Crippen MR) is 97.3 cm³/mol. The molecule has 126 valence electrons. The first-order valence-electron chi connectivity index (χ1n) is 7.96. The van der Waals surface area contributed by atoms with Crippen molar-refractivity contribution in [2.75, 3.05) is 36.0 Å². The fourth-order valence-corrected chi connectivity index (χ4v) is 3.19. The minimum atomic E-state index is -0.140. The molecule has 0 radical (unpaired) electrons. The second-order valence-electron chi connectivity index (χ2n) is 5.62. The molecule has 0 atom stereocenters. The number of amides is 1. The molecule has 0 unspecified atom stereocenters. The summed E-state index contributed by atoms with van der Waals surface area (Å²) in [6.45, 7) is 1.37. The summed E-state index contributed by atoms with van der Waals surface area (Å²) in [6.07, 6.45) is 0.786. The van der Waals surface area contributed by atoms with Crippen LogP contribution in [0.2, 0.25) is 5.02 Å². The van der Waals surface area contributed by atoms with Gasteiger partial charge in [-0.25, -0.2) is 0 Å². The molecule has 0 saturated carbocycles. The lowest BCUT2D eigenvalue weighted by Crippen LogP contribution is -2.32. The van der Waals surface area contributed by atoms with E-state index in [2.05, 4.69) is 4.90 Å². The van der Waals surface area contributed by atoms with Gasteiger partial charge >= 0.3 is 0 Å². The normalized spacial score (nSPS) is 13.5. The van der Waals surface area contributed by atoms with Crippen LogP contribution >= 0.6 is 11.6 Å². The Morgan fingerprint density at radius 1 is 1.00 bits per heavy atom. The number of carbonyl (C=O) groups excluding carboxylic acids is 1. The second-order valence-corrected chi connectivity index (χ2v) is 6.06. The summed E-state index contributed by atoms with van der Waals surface area (Å²) < 4.78 is 0. The number of aliphatic hydroxyl groups is 1. The summed E-state index contributed by atoms with van der Waals surface area (Å²) in [6, 6.07) is 13.0. The SMILES string of the molecule is NCCCN1c2cc(Cl)ccc2C(=O)N(CCO)c2ccccc21. The predicted octanol–water partition coefficient (Wildman–Crippen LogP) is 2.78. The molecule has 0 saturated heterocycles. The summed E-state index contributed by atoms with van der Waals surface area (Å²) in [5.41, 5.74) is 8.73. The molecular weight excluding hydrogens is 326 g/mol. The summed E-state index contributed by atoms with van der Waals surface area (Å²) >= 11 is 6.19. The van der Waals surface area contributed by atoms with Crippen LogP contribution in [-0.4, -0.2) is 37.3 Å². The monoisotopic (exact) mass is 345 g/mol. The van der Waals surface area contributed by atoms with Crippen LogP contribution in [0.25, 0.3) is 0 Å². The van der Waals surface area contributed by atoms with Crippen LogP contribution in [0.5, 0.6) is 0 Å². The van der Waals surface area contributed by atoms with Gasteiger partial charge in [0, 0.05) is 18.1 Å². The molecule has 0 spiro atoms. The Kier molecular flexibility index (Phi) is 5.04. The van der Waals surface area contributed by atoms with Crippen molar-refractivity contribution >= 4 is 34.6 Å². The van der Waals surface area contributed by atoms with Gasteiger partial charge in [-0.15, -0.1) is 0 Å². The third-order valence-corrected chi connectivity index (χ3v) is 4.33. The average Bonchev–Trinajstić information content (AvgIpc) is 2.68. The van der Waals surface area contributed by atoms with Gasteiger partial charge in [0.1, 0.15) is 0 Å². The molecule has 1 heterocycles. The first kappa shape index (κ1) is 16.8. The van der Waals surface area contributed by atoms with Gasteiger partial charge in [-0.1, -0.05) is 23.7 Å². The summed E-state index contributed by atoms with van der Waals surface area (Å²) in [5.74, 6) is -0.140. The molecule has 6 heteroatoms. The van der Waals surface area contributed by atoms with E-state index >= 15 is 0 Å². The zero-order valence-corrected chi connectivity index (χ0v) is 14.0. The number of benzene rings is 2. The highest BCUT2D eigenvalue weighted by atomic mass is 35.5. The lowest BCUT2D eigenvalue weighted by Gasteiger charge is -2.27. The lowest BCUT2D eigenvalue weighted by molar-refractivity contribution is 0.0982. The number of aliphatic hydroxyl groups excluding tert-OH is 1. The van der Waals surface area contributed by atoms with Gasteiger partial charge < -0.3 is 20.6 Å². The molecule has 1 aliphatic heterocycles. The zero-order valence-electron chi connectivity index (χ0n) is 13.3. The molecule has 3 N–H and O–H groups in total. The van der Waals surface area contributed by atoms with Crippen LogP contribution < -0.4 is 15.5 Å². The molecule has 24 heavy (non-hydrogen) atoms. The Bertz CT molecular complexity index is 751. The van der Waals surface area contributed by atoms with Gasteiger partial charge in [0.2, 0.25) is 0 Å². The van der Waals surface area contributed by atoms with Gasteiger partial charge in [-0.2, -0.15) is 0 Å². The van der Waals surface area contributed by atoms with E-state index in [0.717, 1.165) is 23.5 Å². The van der Waals surface area contributed by atoms with E-state index in [-0.39, 0.29) is 19.1 Å². The lowest BCUT2D eigenvalue weighted by atomic mass is 10.1. The van der Waals surface area contributed by atoms with Crippen molar-refractivity contribution in [2.24, 2.45) is 5.73 Å². The number of hydrogen-bond donors (Lipinski definition) is 2. The number of hydrogen-bond acceptors (Lipinski definition) is 4. The Morgan fingerprint density at radius 2 is 1.71 bits per heavy atom. The zero-order chi connectivity index (χ0) is 17.1. The highest BCUT2D eigenvalue weighted by Gasteiger charge is 2.30. The molecular formula is C18H20ClN3O2. The van der Waals surface area contributed by atoms with Crippen LogP contribution in [0.4, 0.5) is 17.1 Å². The van der Waals surface area contributed by atoms with E-state index < -0.39 is 0 Å². The highest BCUT2D eigenvalue weighted by Crippen LogP contribution is 2.41. The number of nitrogens with zero attached hydrogens (tertiary/aromatic N) is 2. The van der Waals surface area contributed by atoms with Gasteiger partial charge in [-0.05, 0) is 43.3 Å². The second kappa shape index (κ2) is 7.21. The number of nitrogens with two attached hydrogens (primary N) is 1. The van der Waals surface area contributed by atoms with Gasteiger partial charge in [0.05, 0.1) is 29.2 Å². The minimum Gasteiger partial charge on any atom is -0.395 e. The van der Waals surface area contributed by atoms with E-state index in [4.69, 9.17) is 17.3 Å². The molecule has 1 amide bonds. The number of carbonyl (C=O) groups is 1. The maximum absolute atomic E-state index is 13.0. The standard InChI is InChI=1S/C18H20ClN3O2/c19-13-6-7-14-17(12-13)21(9-3-8-20)15-4-1-2-5-16(15)22(10-11-23)18(14)24/h1-2,4-7,12,23H,3,8-11,20H2. The fraction of sp³-hybridized carbons (Fsp3) is 0.278. The van der Waals surface area contributed by atoms with Crippen molar-refractivity contribution in [3.05, 3.63) is 53.1 Å². The third-order valence-electron chi connectivity index (χ3n) is 4.10. The van der Waals surface area contributed by atoms with Crippen molar-refractivity contribution in [1.29, 1.82) is 0 Å². The van der Waals surface area contributed by atoms with E-state index in [1.165, 1.54) is 0 Å². The van der Waals surface area contributed by atoms with Crippen LogP contribution in [0.3, 0.4) is 0 Å². The van der Waals surface area contributed by atoms with Gasteiger partial charge in [0.15, 0.2) is 0 Å². The Labute approximate surface area is 146 Å². The largest absolute Gasteiger partial charge is 0.395 e. The maximum Gasteiger partial charge on any atom is 0.260 e.